The smallest absolute Gasteiger partial charge is 0.269 e. The number of rotatable bonds is 9. The lowest BCUT2D eigenvalue weighted by Crippen LogP contribution is -2.33. The maximum Gasteiger partial charge on any atom is 0.269 e. The molecule has 1 aromatic rings. The number of carbonyl (C=O) groups excluding carboxylic acids is 1. The first kappa shape index (κ1) is 19.5. The molecule has 6 nitrogen and oxygen atoms in total. The molecule has 0 fully saturated rings. The van der Waals surface area contributed by atoms with Gasteiger partial charge in [-0.05, 0) is 17.7 Å². The lowest BCUT2D eigenvalue weighted by Gasteiger charge is -2.07. The van der Waals surface area contributed by atoms with Gasteiger partial charge >= 0.3 is 0 Å². The normalized spacial score (nSPS) is 11.0. The highest BCUT2D eigenvalue weighted by molar-refractivity contribution is 8.76. The number of benzene rings is 1. The lowest BCUT2D eigenvalue weighted by atomic mass is 10.1. The van der Waals surface area contributed by atoms with Gasteiger partial charge in [-0.1, -0.05) is 44.4 Å². The number of amides is 1. The first-order valence-electron chi connectivity index (χ1n) is 6.66. The van der Waals surface area contributed by atoms with Crippen molar-refractivity contribution in [3.05, 3.63) is 28.8 Å². The van der Waals surface area contributed by atoms with E-state index in [4.69, 9.17) is 22.1 Å². The van der Waals surface area contributed by atoms with Crippen LogP contribution in [0, 0.1) is 11.3 Å². The van der Waals surface area contributed by atoms with Crippen LogP contribution in [0.4, 0.5) is 0 Å². The van der Waals surface area contributed by atoms with Gasteiger partial charge in [0.2, 0.25) is 0 Å². The number of nitrogens with one attached hydrogen (secondary N) is 1. The molecule has 0 radical (unpaired) electrons. The van der Waals surface area contributed by atoms with E-state index in [0.717, 1.165) is 5.75 Å². The molecule has 0 aliphatic heterocycles. The summed E-state index contributed by atoms with van der Waals surface area (Å²) in [5.74, 6) is 0.929. The zero-order valence-electron chi connectivity index (χ0n) is 12.2. The summed E-state index contributed by atoms with van der Waals surface area (Å²) in [4.78, 5) is 11.9. The molecule has 0 saturated carbocycles. The van der Waals surface area contributed by atoms with Gasteiger partial charge in [0.25, 0.3) is 5.91 Å². The molecule has 0 aliphatic rings. The van der Waals surface area contributed by atoms with Gasteiger partial charge in [0, 0.05) is 30.9 Å². The van der Waals surface area contributed by atoms with Crippen molar-refractivity contribution >= 4 is 44.8 Å². The Morgan fingerprint density at radius 2 is 2.13 bits per heavy atom. The molecule has 9 heteroatoms. The maximum atomic E-state index is 11.9. The topological polar surface area (TPSA) is 106 Å². The van der Waals surface area contributed by atoms with Crippen molar-refractivity contribution in [3.63, 3.8) is 0 Å². The van der Waals surface area contributed by atoms with Gasteiger partial charge in [0.15, 0.2) is 0 Å². The molecule has 0 bridgehead atoms. The second-order valence-corrected chi connectivity index (χ2v) is 7.43. The maximum absolute atomic E-state index is 11.9. The Morgan fingerprint density at radius 1 is 1.39 bits per heavy atom. The van der Waals surface area contributed by atoms with Crippen LogP contribution in [0.2, 0.25) is 5.02 Å². The van der Waals surface area contributed by atoms with Gasteiger partial charge < -0.3 is 15.6 Å². The number of oxime groups is 1. The van der Waals surface area contributed by atoms with E-state index in [0.29, 0.717) is 24.3 Å². The van der Waals surface area contributed by atoms with Gasteiger partial charge in [-0.2, -0.15) is 5.26 Å². The summed E-state index contributed by atoms with van der Waals surface area (Å²) in [7, 11) is 3.14. The molecule has 0 saturated heterocycles. The third-order valence-corrected chi connectivity index (χ3v) is 5.33. The summed E-state index contributed by atoms with van der Waals surface area (Å²) in [5, 5.41) is 32.6. The summed E-state index contributed by atoms with van der Waals surface area (Å²) in [5.41, 5.74) is 0.617. The highest BCUT2D eigenvalue weighted by atomic mass is 35.5. The van der Waals surface area contributed by atoms with Crippen LogP contribution in [-0.2, 0) is 11.2 Å². The van der Waals surface area contributed by atoms with Crippen molar-refractivity contribution in [2.45, 2.75) is 12.8 Å². The lowest BCUT2D eigenvalue weighted by molar-refractivity contribution is -0.114. The average molecular weight is 374 g/mol. The van der Waals surface area contributed by atoms with Crippen LogP contribution in [0.25, 0.3) is 0 Å². The monoisotopic (exact) mass is 373 g/mol. The minimum atomic E-state index is -0.459. The van der Waals surface area contributed by atoms with Crippen LogP contribution in [0.15, 0.2) is 23.4 Å². The van der Waals surface area contributed by atoms with Crippen molar-refractivity contribution in [1.29, 1.82) is 5.26 Å². The van der Waals surface area contributed by atoms with Crippen LogP contribution < -0.4 is 5.32 Å². The van der Waals surface area contributed by atoms with E-state index in [1.54, 1.807) is 27.7 Å². The number of hydrogen-bond donors (Lipinski definition) is 3. The molecule has 0 atom stereocenters. The fourth-order valence-corrected chi connectivity index (χ4v) is 3.53. The van der Waals surface area contributed by atoms with E-state index in [2.05, 4.69) is 16.5 Å². The first-order valence-corrected chi connectivity index (χ1v) is 9.53. The molecular formula is C14H16ClN3O3S2. The molecule has 23 heavy (non-hydrogen) atoms. The number of hydrogen-bond acceptors (Lipinski definition) is 7. The molecule has 124 valence electrons. The molecule has 1 rings (SSSR count). The predicted octanol–water partition coefficient (Wildman–Crippen LogP) is 2.83. The highest BCUT2D eigenvalue weighted by Gasteiger charge is 2.13. The Labute approximate surface area is 147 Å². The number of carbonyl (C=O) groups is 1. The Bertz CT molecular complexity index is 605. The van der Waals surface area contributed by atoms with E-state index < -0.39 is 5.91 Å². The molecule has 1 aromatic carbocycles. The number of phenolic OH excluding ortho intramolecular Hbond substituents is 1. The second kappa shape index (κ2) is 11.0. The van der Waals surface area contributed by atoms with Crippen LogP contribution >= 0.6 is 33.2 Å². The minimum Gasteiger partial charge on any atom is -0.506 e. The van der Waals surface area contributed by atoms with E-state index >= 15 is 0 Å². The fourth-order valence-electron chi connectivity index (χ4n) is 1.53. The Morgan fingerprint density at radius 3 is 2.78 bits per heavy atom. The molecule has 0 aliphatic carbocycles. The first-order chi connectivity index (χ1) is 11.1. The summed E-state index contributed by atoms with van der Waals surface area (Å²) in [6, 6.07) is 6.58. The Kier molecular flexibility index (Phi) is 9.36. The fraction of sp³-hybridized carbons (Fsp3) is 0.357. The predicted molar refractivity (Wildman–Crippen MR) is 94.2 cm³/mol. The van der Waals surface area contributed by atoms with Crippen molar-refractivity contribution in [3.8, 4) is 11.8 Å². The SMILES string of the molecule is N#CCCSSCCNC(=O)/C(Cc1ccc(O)c(Cl)c1)=N/O. The van der Waals surface area contributed by atoms with Crippen LogP contribution in [0.5, 0.6) is 5.75 Å². The molecule has 3 N–H and O–H groups in total. The third-order valence-electron chi connectivity index (χ3n) is 2.62. The van der Waals surface area contributed by atoms with Gasteiger partial charge in [0.1, 0.15) is 11.5 Å². The summed E-state index contributed by atoms with van der Waals surface area (Å²) in [6.45, 7) is 0.429. The highest BCUT2D eigenvalue weighted by Crippen LogP contribution is 2.24. The van der Waals surface area contributed by atoms with Crippen molar-refractivity contribution < 1.29 is 15.1 Å². The van der Waals surface area contributed by atoms with Gasteiger partial charge in [-0.15, -0.1) is 0 Å². The number of halogens is 1. The largest absolute Gasteiger partial charge is 0.506 e. The van der Waals surface area contributed by atoms with Crippen LogP contribution in [0.3, 0.4) is 0 Å². The summed E-state index contributed by atoms with van der Waals surface area (Å²) in [6.07, 6.45) is 0.604. The van der Waals surface area contributed by atoms with Gasteiger partial charge in [-0.3, -0.25) is 4.79 Å². The van der Waals surface area contributed by atoms with Crippen molar-refractivity contribution in [2.75, 3.05) is 18.1 Å². The minimum absolute atomic E-state index is 0.0334. The standard InChI is InChI=1S/C14H16ClN3O3S2/c15-11-8-10(2-3-13(11)19)9-12(18-21)14(20)17-5-7-23-22-6-1-4-16/h2-3,8,19,21H,1,5-7,9H2,(H,17,20)/b18-12+. The van der Waals surface area contributed by atoms with Crippen LogP contribution in [0.1, 0.15) is 12.0 Å². The quantitative estimate of drug-likeness (QED) is 0.202. The van der Waals surface area contributed by atoms with Crippen LogP contribution in [-0.4, -0.2) is 40.0 Å². The molecule has 0 unspecified atom stereocenters. The van der Waals surface area contributed by atoms with E-state index in [-0.39, 0.29) is 22.9 Å². The van der Waals surface area contributed by atoms with E-state index in [1.807, 2.05) is 0 Å². The zero-order chi connectivity index (χ0) is 17.1. The number of aromatic hydroxyl groups is 1. The number of nitriles is 1. The number of phenols is 1. The molecule has 0 aromatic heterocycles. The Hall–Kier alpha value is -1.56. The summed E-state index contributed by atoms with van der Waals surface area (Å²) >= 11 is 5.80. The summed E-state index contributed by atoms with van der Waals surface area (Å²) < 4.78 is 0. The molecule has 0 spiro atoms. The molecule has 0 heterocycles. The third kappa shape index (κ3) is 7.50. The van der Waals surface area contributed by atoms with Crippen molar-refractivity contribution in [2.24, 2.45) is 5.16 Å². The second-order valence-electron chi connectivity index (χ2n) is 4.32. The zero-order valence-corrected chi connectivity index (χ0v) is 14.5. The molecule has 1 amide bonds. The average Bonchev–Trinajstić information content (AvgIpc) is 2.54. The number of nitrogens with zero attached hydrogens (tertiary/aromatic N) is 2. The van der Waals surface area contributed by atoms with E-state index in [1.165, 1.54) is 12.1 Å². The van der Waals surface area contributed by atoms with Crippen molar-refractivity contribution in [1.82, 2.24) is 5.32 Å². The molecular weight excluding hydrogens is 358 g/mol. The Balaban J connectivity index is 2.38. The van der Waals surface area contributed by atoms with Gasteiger partial charge in [-0.25, -0.2) is 0 Å². The van der Waals surface area contributed by atoms with Gasteiger partial charge in [0.05, 0.1) is 11.1 Å². The van der Waals surface area contributed by atoms with E-state index in [9.17, 15) is 9.90 Å².